The smallest absolute Gasteiger partial charge is 0.159 e. The molecule has 1 saturated heterocycles. The van der Waals surface area contributed by atoms with Gasteiger partial charge in [0.25, 0.3) is 0 Å². The molecule has 1 atom stereocenters. The third-order valence-electron chi connectivity index (χ3n) is 2.94. The fourth-order valence-electron chi connectivity index (χ4n) is 1.75. The summed E-state index contributed by atoms with van der Waals surface area (Å²) in [6.07, 6.45) is 4.36. The molecule has 0 aliphatic carbocycles. The molecule has 1 unspecified atom stereocenters. The van der Waals surface area contributed by atoms with Crippen molar-refractivity contribution in [1.82, 2.24) is 0 Å². The SMILES string of the molecule is CC.CC(=O)c1ccc(C)cc1.CCC1CCCO1. The molecule has 1 aromatic rings. The molecule has 0 bridgehead atoms. The van der Waals surface area contributed by atoms with Gasteiger partial charge in [0, 0.05) is 12.2 Å². The van der Waals surface area contributed by atoms with Gasteiger partial charge in [-0.3, -0.25) is 4.79 Å². The average molecular weight is 264 g/mol. The summed E-state index contributed by atoms with van der Waals surface area (Å²) in [4.78, 5) is 10.8. The minimum atomic E-state index is 0.125. The largest absolute Gasteiger partial charge is 0.378 e. The standard InChI is InChI=1S/C9H10O.C6H12O.C2H6/c1-7-3-5-9(6-4-7)8(2)10;1-2-6-4-3-5-7-6;1-2/h3-6H,1-2H3;6H,2-5H2,1H3;1-2H3. The highest BCUT2D eigenvalue weighted by Gasteiger charge is 2.11. The molecule has 0 saturated carbocycles. The quantitative estimate of drug-likeness (QED) is 0.717. The second-order valence-electron chi connectivity index (χ2n) is 4.47. The van der Waals surface area contributed by atoms with Gasteiger partial charge in [0.1, 0.15) is 0 Å². The van der Waals surface area contributed by atoms with Crippen LogP contribution in [0.4, 0.5) is 0 Å². The summed E-state index contributed by atoms with van der Waals surface area (Å²) >= 11 is 0. The topological polar surface area (TPSA) is 26.3 Å². The van der Waals surface area contributed by atoms with Crippen LogP contribution in [0.1, 0.15) is 62.9 Å². The maximum Gasteiger partial charge on any atom is 0.159 e. The molecular formula is C17H28O2. The van der Waals surface area contributed by atoms with E-state index in [0.717, 1.165) is 12.2 Å². The first-order valence-corrected chi connectivity index (χ1v) is 7.32. The zero-order valence-electron chi connectivity index (χ0n) is 13.0. The number of hydrogen-bond acceptors (Lipinski definition) is 2. The maximum atomic E-state index is 10.8. The molecule has 0 N–H and O–H groups in total. The number of ketones is 1. The van der Waals surface area contributed by atoms with Crippen molar-refractivity contribution in [2.75, 3.05) is 6.61 Å². The molecule has 2 heteroatoms. The van der Waals surface area contributed by atoms with E-state index in [2.05, 4.69) is 6.92 Å². The zero-order valence-corrected chi connectivity index (χ0v) is 13.0. The van der Waals surface area contributed by atoms with Gasteiger partial charge in [-0.05, 0) is 33.1 Å². The second kappa shape index (κ2) is 10.7. The summed E-state index contributed by atoms with van der Waals surface area (Å²) in [5.41, 5.74) is 1.97. The van der Waals surface area contributed by atoms with E-state index in [4.69, 9.17) is 4.74 Å². The molecule has 19 heavy (non-hydrogen) atoms. The molecule has 0 spiro atoms. The van der Waals surface area contributed by atoms with Crippen LogP contribution < -0.4 is 0 Å². The minimum Gasteiger partial charge on any atom is -0.378 e. The first kappa shape index (κ1) is 17.8. The molecule has 1 fully saturated rings. The summed E-state index contributed by atoms with van der Waals surface area (Å²) in [6.45, 7) is 10.8. The van der Waals surface area contributed by atoms with Crippen LogP contribution in [-0.2, 0) is 4.74 Å². The molecule has 0 amide bonds. The summed E-state index contributed by atoms with van der Waals surface area (Å²) in [7, 11) is 0. The number of hydrogen-bond donors (Lipinski definition) is 0. The van der Waals surface area contributed by atoms with Crippen LogP contribution in [0.5, 0.6) is 0 Å². The Morgan fingerprint density at radius 3 is 2.16 bits per heavy atom. The Hall–Kier alpha value is -1.15. The molecule has 2 nitrogen and oxygen atoms in total. The number of benzene rings is 1. The Balaban J connectivity index is 0.000000316. The molecule has 1 aliphatic heterocycles. The van der Waals surface area contributed by atoms with Crippen LogP contribution in [0.15, 0.2) is 24.3 Å². The van der Waals surface area contributed by atoms with Crippen LogP contribution in [-0.4, -0.2) is 18.5 Å². The van der Waals surface area contributed by atoms with E-state index in [1.54, 1.807) is 6.92 Å². The van der Waals surface area contributed by atoms with Crippen LogP contribution in [0.2, 0.25) is 0 Å². The van der Waals surface area contributed by atoms with Crippen molar-refractivity contribution in [2.24, 2.45) is 0 Å². The Morgan fingerprint density at radius 1 is 1.26 bits per heavy atom. The van der Waals surface area contributed by atoms with Gasteiger partial charge in [-0.15, -0.1) is 0 Å². The highest BCUT2D eigenvalue weighted by molar-refractivity contribution is 5.93. The molecule has 1 aliphatic rings. The first-order valence-electron chi connectivity index (χ1n) is 7.32. The Morgan fingerprint density at radius 2 is 1.84 bits per heavy atom. The van der Waals surface area contributed by atoms with E-state index >= 15 is 0 Å². The number of carbonyl (C=O) groups excluding carboxylic acids is 1. The third-order valence-corrected chi connectivity index (χ3v) is 2.94. The highest BCUT2D eigenvalue weighted by atomic mass is 16.5. The normalized spacial score (nSPS) is 16.8. The molecule has 108 valence electrons. The van der Waals surface area contributed by atoms with Crippen molar-refractivity contribution < 1.29 is 9.53 Å². The lowest BCUT2D eigenvalue weighted by molar-refractivity contribution is 0.101. The number of aryl methyl sites for hydroxylation is 1. The zero-order chi connectivity index (χ0) is 14.7. The van der Waals surface area contributed by atoms with E-state index in [-0.39, 0.29) is 5.78 Å². The summed E-state index contributed by atoms with van der Waals surface area (Å²) in [6, 6.07) is 7.57. The fourth-order valence-corrected chi connectivity index (χ4v) is 1.75. The Bertz CT molecular complexity index is 335. The van der Waals surface area contributed by atoms with Gasteiger partial charge in [-0.2, -0.15) is 0 Å². The average Bonchev–Trinajstić information content (AvgIpc) is 2.95. The number of carbonyl (C=O) groups is 1. The number of Topliss-reactive ketones (excluding diaryl/α,β-unsaturated/α-hetero) is 1. The van der Waals surface area contributed by atoms with Gasteiger partial charge >= 0.3 is 0 Å². The van der Waals surface area contributed by atoms with Crippen LogP contribution in [0, 0.1) is 6.92 Å². The van der Waals surface area contributed by atoms with Crippen molar-refractivity contribution >= 4 is 5.78 Å². The second-order valence-corrected chi connectivity index (χ2v) is 4.47. The monoisotopic (exact) mass is 264 g/mol. The van der Waals surface area contributed by atoms with E-state index in [1.165, 1.54) is 24.8 Å². The first-order chi connectivity index (χ1) is 9.13. The lowest BCUT2D eigenvalue weighted by atomic mass is 10.1. The number of rotatable bonds is 2. The Kier molecular flexibility index (Phi) is 10.1. The molecule has 0 radical (unpaired) electrons. The van der Waals surface area contributed by atoms with Gasteiger partial charge in [-0.1, -0.05) is 50.6 Å². The van der Waals surface area contributed by atoms with Gasteiger partial charge in [0.2, 0.25) is 0 Å². The highest BCUT2D eigenvalue weighted by Crippen LogP contribution is 2.13. The summed E-state index contributed by atoms with van der Waals surface area (Å²) < 4.78 is 5.30. The molecule has 2 rings (SSSR count). The van der Waals surface area contributed by atoms with Crippen LogP contribution >= 0.6 is 0 Å². The predicted molar refractivity (Wildman–Crippen MR) is 81.8 cm³/mol. The lowest BCUT2D eigenvalue weighted by Gasteiger charge is -2.01. The van der Waals surface area contributed by atoms with Gasteiger partial charge in [0.05, 0.1) is 6.10 Å². The van der Waals surface area contributed by atoms with E-state index in [0.29, 0.717) is 6.10 Å². The number of ether oxygens (including phenoxy) is 1. The Labute approximate surface area is 118 Å². The van der Waals surface area contributed by atoms with Crippen molar-refractivity contribution in [3.8, 4) is 0 Å². The fraction of sp³-hybridized carbons (Fsp3) is 0.588. The van der Waals surface area contributed by atoms with E-state index in [9.17, 15) is 4.79 Å². The minimum absolute atomic E-state index is 0.125. The predicted octanol–water partition coefficient (Wildman–Crippen LogP) is 4.80. The van der Waals surface area contributed by atoms with Crippen LogP contribution in [0.25, 0.3) is 0 Å². The molecule has 1 aromatic carbocycles. The van der Waals surface area contributed by atoms with Crippen LogP contribution in [0.3, 0.4) is 0 Å². The third kappa shape index (κ3) is 7.78. The van der Waals surface area contributed by atoms with Gasteiger partial charge in [0.15, 0.2) is 5.78 Å². The summed E-state index contributed by atoms with van der Waals surface area (Å²) in [5.74, 6) is 0.125. The van der Waals surface area contributed by atoms with Crippen molar-refractivity contribution in [3.05, 3.63) is 35.4 Å². The van der Waals surface area contributed by atoms with E-state index < -0.39 is 0 Å². The molecular weight excluding hydrogens is 236 g/mol. The lowest BCUT2D eigenvalue weighted by Crippen LogP contribution is -2.00. The molecule has 0 aromatic heterocycles. The van der Waals surface area contributed by atoms with Crippen molar-refractivity contribution in [1.29, 1.82) is 0 Å². The van der Waals surface area contributed by atoms with Crippen molar-refractivity contribution in [3.63, 3.8) is 0 Å². The molecule has 1 heterocycles. The maximum absolute atomic E-state index is 10.8. The summed E-state index contributed by atoms with van der Waals surface area (Å²) in [5, 5.41) is 0. The van der Waals surface area contributed by atoms with Gasteiger partial charge < -0.3 is 4.74 Å². The van der Waals surface area contributed by atoms with Crippen molar-refractivity contribution in [2.45, 2.75) is 60.0 Å². The van der Waals surface area contributed by atoms with Gasteiger partial charge in [-0.25, -0.2) is 0 Å². The van der Waals surface area contributed by atoms with E-state index in [1.807, 2.05) is 45.0 Å².